The van der Waals surface area contributed by atoms with Crippen molar-refractivity contribution in [1.82, 2.24) is 0 Å². The number of halogens is 1. The maximum absolute atomic E-state index is 5.90. The van der Waals surface area contributed by atoms with Gasteiger partial charge in [-0.1, -0.05) is 20.3 Å². The van der Waals surface area contributed by atoms with Crippen molar-refractivity contribution >= 4 is 15.9 Å². The van der Waals surface area contributed by atoms with Gasteiger partial charge in [0.2, 0.25) is 0 Å². The van der Waals surface area contributed by atoms with Gasteiger partial charge < -0.3 is 15.2 Å². The van der Waals surface area contributed by atoms with Crippen molar-refractivity contribution in [3.05, 3.63) is 22.2 Å². The van der Waals surface area contributed by atoms with Gasteiger partial charge in [-0.15, -0.1) is 0 Å². The Morgan fingerprint density at radius 2 is 2.11 bits per heavy atom. The van der Waals surface area contributed by atoms with Crippen LogP contribution in [-0.4, -0.2) is 20.3 Å². The first-order valence-corrected chi connectivity index (χ1v) is 7.60. The predicted octanol–water partition coefficient (Wildman–Crippen LogP) is 3.77. The largest absolute Gasteiger partial charge is 0.493 e. The van der Waals surface area contributed by atoms with Crippen LogP contribution in [0.1, 0.15) is 32.3 Å². The van der Waals surface area contributed by atoms with Crippen LogP contribution in [0.5, 0.6) is 11.5 Å². The SMILES string of the molecule is CCCC(C)COc1c(Br)cc(CCN)cc1OC. The minimum Gasteiger partial charge on any atom is -0.493 e. The minimum atomic E-state index is 0.547. The van der Waals surface area contributed by atoms with E-state index in [1.165, 1.54) is 12.8 Å². The summed E-state index contributed by atoms with van der Waals surface area (Å²) >= 11 is 3.55. The number of benzene rings is 1. The molecule has 0 aliphatic rings. The first-order valence-electron chi connectivity index (χ1n) is 6.81. The van der Waals surface area contributed by atoms with Crippen LogP contribution < -0.4 is 15.2 Å². The highest BCUT2D eigenvalue weighted by Gasteiger charge is 2.13. The summed E-state index contributed by atoms with van der Waals surface area (Å²) in [6.07, 6.45) is 3.19. The normalized spacial score (nSPS) is 12.3. The van der Waals surface area contributed by atoms with Crippen LogP contribution >= 0.6 is 15.9 Å². The van der Waals surface area contributed by atoms with Crippen LogP contribution in [0.3, 0.4) is 0 Å². The highest BCUT2D eigenvalue weighted by Crippen LogP contribution is 2.37. The average molecular weight is 330 g/mol. The summed E-state index contributed by atoms with van der Waals surface area (Å²) in [6, 6.07) is 4.05. The fraction of sp³-hybridized carbons (Fsp3) is 0.600. The molecule has 0 aliphatic carbocycles. The van der Waals surface area contributed by atoms with E-state index in [-0.39, 0.29) is 0 Å². The zero-order chi connectivity index (χ0) is 14.3. The van der Waals surface area contributed by atoms with Crippen molar-refractivity contribution in [2.24, 2.45) is 11.7 Å². The summed E-state index contributed by atoms with van der Waals surface area (Å²) in [5.41, 5.74) is 6.74. The third-order valence-electron chi connectivity index (χ3n) is 3.02. The standard InChI is InChI=1S/C15H24BrNO2/c1-4-5-11(2)10-19-15-13(16)8-12(6-7-17)9-14(15)18-3/h8-9,11H,4-7,10,17H2,1-3H3. The average Bonchev–Trinajstić information content (AvgIpc) is 2.37. The van der Waals surface area contributed by atoms with E-state index in [0.29, 0.717) is 19.1 Å². The molecule has 3 nitrogen and oxygen atoms in total. The Kier molecular flexibility index (Phi) is 7.24. The van der Waals surface area contributed by atoms with Crippen LogP contribution in [0.4, 0.5) is 0 Å². The fourth-order valence-corrected chi connectivity index (χ4v) is 2.63. The fourth-order valence-electron chi connectivity index (χ4n) is 2.03. The molecule has 1 rings (SSSR count). The number of hydrogen-bond acceptors (Lipinski definition) is 3. The lowest BCUT2D eigenvalue weighted by Crippen LogP contribution is -2.10. The molecule has 0 fully saturated rings. The minimum absolute atomic E-state index is 0.547. The number of nitrogens with two attached hydrogens (primary N) is 1. The lowest BCUT2D eigenvalue weighted by atomic mass is 10.1. The van der Waals surface area contributed by atoms with Crippen LogP contribution in [0, 0.1) is 5.92 Å². The second-order valence-corrected chi connectivity index (χ2v) is 5.71. The Bertz CT molecular complexity index is 396. The van der Waals surface area contributed by atoms with Gasteiger partial charge in [-0.25, -0.2) is 0 Å². The molecular formula is C15H24BrNO2. The van der Waals surface area contributed by atoms with Crippen LogP contribution in [0.25, 0.3) is 0 Å². The Morgan fingerprint density at radius 3 is 2.68 bits per heavy atom. The molecule has 0 saturated heterocycles. The maximum atomic E-state index is 5.90. The number of rotatable bonds is 8. The molecule has 0 amide bonds. The summed E-state index contributed by atoms with van der Waals surface area (Å²) in [5.74, 6) is 2.10. The third kappa shape index (κ3) is 5.03. The Balaban J connectivity index is 2.81. The van der Waals surface area contributed by atoms with Crippen LogP contribution in [0.2, 0.25) is 0 Å². The van der Waals surface area contributed by atoms with E-state index >= 15 is 0 Å². The number of methoxy groups -OCH3 is 1. The summed E-state index contributed by atoms with van der Waals surface area (Å²) < 4.78 is 12.2. The van der Waals surface area contributed by atoms with E-state index in [2.05, 4.69) is 35.8 Å². The third-order valence-corrected chi connectivity index (χ3v) is 3.60. The topological polar surface area (TPSA) is 44.5 Å². The van der Waals surface area contributed by atoms with Crippen molar-refractivity contribution in [3.63, 3.8) is 0 Å². The summed E-state index contributed by atoms with van der Waals surface area (Å²) in [7, 11) is 1.66. The first-order chi connectivity index (χ1) is 9.12. The molecular weight excluding hydrogens is 306 g/mol. The van der Waals surface area contributed by atoms with Crippen LogP contribution in [0.15, 0.2) is 16.6 Å². The predicted molar refractivity (Wildman–Crippen MR) is 83.0 cm³/mol. The van der Waals surface area contributed by atoms with Crippen molar-refractivity contribution < 1.29 is 9.47 Å². The van der Waals surface area contributed by atoms with E-state index < -0.39 is 0 Å². The lowest BCUT2D eigenvalue weighted by Gasteiger charge is -2.17. The highest BCUT2D eigenvalue weighted by molar-refractivity contribution is 9.10. The van der Waals surface area contributed by atoms with Gasteiger partial charge in [0.1, 0.15) is 0 Å². The van der Waals surface area contributed by atoms with Crippen LogP contribution in [-0.2, 0) is 6.42 Å². The lowest BCUT2D eigenvalue weighted by molar-refractivity contribution is 0.239. The van der Waals surface area contributed by atoms with Crippen molar-refractivity contribution in [2.45, 2.75) is 33.1 Å². The molecule has 19 heavy (non-hydrogen) atoms. The van der Waals surface area contributed by atoms with Gasteiger partial charge >= 0.3 is 0 Å². The molecule has 1 unspecified atom stereocenters. The van der Waals surface area contributed by atoms with Gasteiger partial charge in [0, 0.05) is 0 Å². The molecule has 0 aromatic heterocycles. The van der Waals surface area contributed by atoms with E-state index in [1.807, 2.05) is 6.07 Å². The molecule has 108 valence electrons. The van der Waals surface area contributed by atoms with Crippen molar-refractivity contribution in [2.75, 3.05) is 20.3 Å². The quantitative estimate of drug-likeness (QED) is 0.789. The highest BCUT2D eigenvalue weighted by atomic mass is 79.9. The Labute approximate surface area is 124 Å². The molecule has 0 bridgehead atoms. The molecule has 1 aromatic carbocycles. The van der Waals surface area contributed by atoms with Crippen molar-refractivity contribution in [3.8, 4) is 11.5 Å². The smallest absolute Gasteiger partial charge is 0.175 e. The van der Waals surface area contributed by atoms with Gasteiger partial charge in [0.15, 0.2) is 11.5 Å². The molecule has 0 aliphatic heterocycles. The molecule has 0 spiro atoms. The Morgan fingerprint density at radius 1 is 1.37 bits per heavy atom. The van der Waals surface area contributed by atoms with Gasteiger partial charge in [-0.05, 0) is 58.9 Å². The van der Waals surface area contributed by atoms with Gasteiger partial charge in [0.05, 0.1) is 18.2 Å². The van der Waals surface area contributed by atoms with E-state index in [9.17, 15) is 0 Å². The molecule has 4 heteroatoms. The van der Waals surface area contributed by atoms with E-state index in [0.717, 1.165) is 28.0 Å². The van der Waals surface area contributed by atoms with Gasteiger partial charge in [-0.2, -0.15) is 0 Å². The molecule has 0 saturated carbocycles. The summed E-state index contributed by atoms with van der Waals surface area (Å²) in [6.45, 7) is 5.73. The van der Waals surface area contributed by atoms with Gasteiger partial charge in [0.25, 0.3) is 0 Å². The van der Waals surface area contributed by atoms with Crippen molar-refractivity contribution in [1.29, 1.82) is 0 Å². The zero-order valence-electron chi connectivity index (χ0n) is 12.0. The molecule has 0 heterocycles. The number of ether oxygens (including phenoxy) is 2. The molecule has 2 N–H and O–H groups in total. The number of hydrogen-bond donors (Lipinski definition) is 1. The second-order valence-electron chi connectivity index (χ2n) is 4.85. The second kappa shape index (κ2) is 8.43. The zero-order valence-corrected chi connectivity index (χ0v) is 13.6. The van der Waals surface area contributed by atoms with Gasteiger partial charge in [-0.3, -0.25) is 0 Å². The summed E-state index contributed by atoms with van der Waals surface area (Å²) in [4.78, 5) is 0. The molecule has 1 atom stereocenters. The first kappa shape index (κ1) is 16.3. The molecule has 1 aromatic rings. The van der Waals surface area contributed by atoms with E-state index in [1.54, 1.807) is 7.11 Å². The monoisotopic (exact) mass is 329 g/mol. The summed E-state index contributed by atoms with van der Waals surface area (Å²) in [5, 5.41) is 0. The Hall–Kier alpha value is -0.740. The van der Waals surface area contributed by atoms with E-state index in [4.69, 9.17) is 15.2 Å². The maximum Gasteiger partial charge on any atom is 0.175 e. The molecule has 0 radical (unpaired) electrons.